The summed E-state index contributed by atoms with van der Waals surface area (Å²) >= 11 is 0. The Kier molecular flexibility index (Phi) is 6.52. The summed E-state index contributed by atoms with van der Waals surface area (Å²) in [5, 5.41) is 11.6. The highest BCUT2D eigenvalue weighted by Crippen LogP contribution is 2.04. The molecule has 0 spiro atoms. The van der Waals surface area contributed by atoms with Gasteiger partial charge in [0.15, 0.2) is 0 Å². The van der Waals surface area contributed by atoms with Crippen molar-refractivity contribution in [3.05, 3.63) is 35.4 Å². The summed E-state index contributed by atoms with van der Waals surface area (Å²) in [7, 11) is 1.59. The van der Waals surface area contributed by atoms with Gasteiger partial charge in [0.05, 0.1) is 12.2 Å². The van der Waals surface area contributed by atoms with Gasteiger partial charge in [-0.25, -0.2) is 9.59 Å². The van der Waals surface area contributed by atoms with Crippen molar-refractivity contribution in [1.82, 2.24) is 10.2 Å². The molecule has 0 fully saturated rings. The molecule has 2 N–H and O–H groups in total. The van der Waals surface area contributed by atoms with Crippen LogP contribution in [0, 0.1) is 0 Å². The van der Waals surface area contributed by atoms with Gasteiger partial charge in [-0.05, 0) is 24.6 Å². The monoisotopic (exact) mass is 280 g/mol. The fourth-order valence-electron chi connectivity index (χ4n) is 1.66. The van der Waals surface area contributed by atoms with Crippen molar-refractivity contribution < 1.29 is 19.4 Å². The van der Waals surface area contributed by atoms with E-state index in [-0.39, 0.29) is 11.6 Å². The number of amides is 2. The maximum absolute atomic E-state index is 11.9. The van der Waals surface area contributed by atoms with Gasteiger partial charge in [-0.2, -0.15) is 0 Å². The van der Waals surface area contributed by atoms with Crippen LogP contribution in [0.1, 0.15) is 22.8 Å². The first-order valence-corrected chi connectivity index (χ1v) is 6.42. The van der Waals surface area contributed by atoms with Gasteiger partial charge in [-0.1, -0.05) is 12.1 Å². The first-order valence-electron chi connectivity index (χ1n) is 6.42. The van der Waals surface area contributed by atoms with E-state index in [1.54, 1.807) is 24.1 Å². The van der Waals surface area contributed by atoms with Crippen LogP contribution in [-0.2, 0) is 11.3 Å². The molecule has 1 aromatic carbocycles. The SMILES string of the molecule is CCN(CCOC)C(=O)NCc1ccc(C(=O)O)cc1. The lowest BCUT2D eigenvalue weighted by Crippen LogP contribution is -2.41. The minimum Gasteiger partial charge on any atom is -0.478 e. The minimum atomic E-state index is -0.961. The summed E-state index contributed by atoms with van der Waals surface area (Å²) in [5.74, 6) is -0.961. The number of nitrogens with one attached hydrogen (secondary N) is 1. The van der Waals surface area contributed by atoms with Crippen LogP contribution in [0.2, 0.25) is 0 Å². The van der Waals surface area contributed by atoms with Crippen molar-refractivity contribution in [2.75, 3.05) is 26.8 Å². The van der Waals surface area contributed by atoms with Crippen LogP contribution in [0.25, 0.3) is 0 Å². The summed E-state index contributed by atoms with van der Waals surface area (Å²) in [4.78, 5) is 24.3. The summed E-state index contributed by atoms with van der Waals surface area (Å²) in [6.07, 6.45) is 0. The lowest BCUT2D eigenvalue weighted by atomic mass is 10.1. The second kappa shape index (κ2) is 8.16. The summed E-state index contributed by atoms with van der Waals surface area (Å²) in [6, 6.07) is 6.26. The van der Waals surface area contributed by atoms with E-state index in [9.17, 15) is 9.59 Å². The Morgan fingerprint density at radius 3 is 2.45 bits per heavy atom. The van der Waals surface area contributed by atoms with E-state index in [1.165, 1.54) is 12.1 Å². The average Bonchev–Trinajstić information content (AvgIpc) is 2.46. The van der Waals surface area contributed by atoms with Crippen molar-refractivity contribution in [2.45, 2.75) is 13.5 Å². The molecule has 2 amide bonds. The number of urea groups is 1. The fraction of sp³-hybridized carbons (Fsp3) is 0.429. The summed E-state index contributed by atoms with van der Waals surface area (Å²) in [5.41, 5.74) is 1.08. The highest BCUT2D eigenvalue weighted by atomic mass is 16.5. The van der Waals surface area contributed by atoms with Crippen LogP contribution in [0.4, 0.5) is 4.79 Å². The van der Waals surface area contributed by atoms with Crippen LogP contribution in [0.15, 0.2) is 24.3 Å². The van der Waals surface area contributed by atoms with Gasteiger partial charge in [-0.15, -0.1) is 0 Å². The van der Waals surface area contributed by atoms with Crippen LogP contribution in [0.5, 0.6) is 0 Å². The number of carboxylic acids is 1. The van der Waals surface area contributed by atoms with E-state index >= 15 is 0 Å². The number of carboxylic acid groups (broad SMARTS) is 1. The van der Waals surface area contributed by atoms with Crippen LogP contribution in [-0.4, -0.2) is 48.8 Å². The number of rotatable bonds is 7. The molecule has 6 nitrogen and oxygen atoms in total. The number of carbonyl (C=O) groups excluding carboxylic acids is 1. The lowest BCUT2D eigenvalue weighted by Gasteiger charge is -2.20. The molecule has 20 heavy (non-hydrogen) atoms. The number of likely N-dealkylation sites (N-methyl/N-ethyl adjacent to an activating group) is 1. The third-order valence-electron chi connectivity index (χ3n) is 2.88. The number of benzene rings is 1. The van der Waals surface area contributed by atoms with Gasteiger partial charge < -0.3 is 20.1 Å². The lowest BCUT2D eigenvalue weighted by molar-refractivity contribution is 0.0697. The van der Waals surface area contributed by atoms with E-state index in [4.69, 9.17) is 9.84 Å². The van der Waals surface area contributed by atoms with Crippen molar-refractivity contribution >= 4 is 12.0 Å². The van der Waals surface area contributed by atoms with Gasteiger partial charge in [-0.3, -0.25) is 0 Å². The largest absolute Gasteiger partial charge is 0.478 e. The Balaban J connectivity index is 2.49. The number of hydrogen-bond donors (Lipinski definition) is 2. The van der Waals surface area contributed by atoms with Crippen LogP contribution >= 0.6 is 0 Å². The third kappa shape index (κ3) is 4.89. The first-order chi connectivity index (χ1) is 9.58. The van der Waals surface area contributed by atoms with Crippen molar-refractivity contribution in [1.29, 1.82) is 0 Å². The predicted molar refractivity (Wildman–Crippen MR) is 74.8 cm³/mol. The Bertz CT molecular complexity index is 445. The number of nitrogens with zero attached hydrogens (tertiary/aromatic N) is 1. The smallest absolute Gasteiger partial charge is 0.335 e. The molecule has 6 heteroatoms. The Morgan fingerprint density at radius 1 is 1.30 bits per heavy atom. The van der Waals surface area contributed by atoms with E-state index in [0.29, 0.717) is 26.2 Å². The number of carbonyl (C=O) groups is 2. The van der Waals surface area contributed by atoms with Gasteiger partial charge >= 0.3 is 12.0 Å². The number of aromatic carboxylic acids is 1. The third-order valence-corrected chi connectivity index (χ3v) is 2.88. The Morgan fingerprint density at radius 2 is 1.95 bits per heavy atom. The molecule has 0 unspecified atom stereocenters. The predicted octanol–water partition coefficient (Wildman–Crippen LogP) is 1.56. The molecule has 0 radical (unpaired) electrons. The van der Waals surface area contributed by atoms with E-state index in [1.807, 2.05) is 6.92 Å². The standard InChI is InChI=1S/C14H20N2O4/c1-3-16(8-9-20-2)14(19)15-10-11-4-6-12(7-5-11)13(17)18/h4-7H,3,8-10H2,1-2H3,(H,15,19)(H,17,18). The zero-order valence-corrected chi connectivity index (χ0v) is 11.8. The quantitative estimate of drug-likeness (QED) is 0.794. The second-order valence-electron chi connectivity index (χ2n) is 4.23. The van der Waals surface area contributed by atoms with Gasteiger partial charge in [0, 0.05) is 26.7 Å². The van der Waals surface area contributed by atoms with Gasteiger partial charge in [0.1, 0.15) is 0 Å². The van der Waals surface area contributed by atoms with Crippen LogP contribution < -0.4 is 5.32 Å². The highest BCUT2D eigenvalue weighted by molar-refractivity contribution is 5.87. The Labute approximate surface area is 118 Å². The molecule has 1 rings (SSSR count). The number of ether oxygens (including phenoxy) is 1. The molecule has 0 aliphatic carbocycles. The first kappa shape index (κ1) is 16.0. The summed E-state index contributed by atoms with van der Waals surface area (Å²) < 4.78 is 4.95. The average molecular weight is 280 g/mol. The van der Waals surface area contributed by atoms with Crippen molar-refractivity contribution in [3.8, 4) is 0 Å². The molecule has 0 aliphatic heterocycles. The molecule has 0 saturated heterocycles. The molecular weight excluding hydrogens is 260 g/mol. The molecule has 0 atom stereocenters. The molecule has 0 aromatic heterocycles. The number of hydrogen-bond acceptors (Lipinski definition) is 3. The van der Waals surface area contributed by atoms with Gasteiger partial charge in [0.2, 0.25) is 0 Å². The molecular formula is C14H20N2O4. The molecule has 0 aliphatic rings. The van der Waals surface area contributed by atoms with E-state index < -0.39 is 5.97 Å². The normalized spacial score (nSPS) is 10.1. The zero-order chi connectivity index (χ0) is 15.0. The van der Waals surface area contributed by atoms with Crippen molar-refractivity contribution in [2.24, 2.45) is 0 Å². The molecule has 0 bridgehead atoms. The molecule has 1 aromatic rings. The fourth-order valence-corrected chi connectivity index (χ4v) is 1.66. The van der Waals surface area contributed by atoms with E-state index in [2.05, 4.69) is 5.32 Å². The summed E-state index contributed by atoms with van der Waals surface area (Å²) in [6.45, 7) is 3.90. The zero-order valence-electron chi connectivity index (χ0n) is 11.8. The van der Waals surface area contributed by atoms with Crippen molar-refractivity contribution in [3.63, 3.8) is 0 Å². The molecule has 110 valence electrons. The van der Waals surface area contributed by atoms with Crippen LogP contribution in [0.3, 0.4) is 0 Å². The molecule has 0 saturated carbocycles. The number of methoxy groups -OCH3 is 1. The Hall–Kier alpha value is -2.08. The topological polar surface area (TPSA) is 78.9 Å². The maximum Gasteiger partial charge on any atom is 0.335 e. The van der Waals surface area contributed by atoms with Gasteiger partial charge in [0.25, 0.3) is 0 Å². The van der Waals surface area contributed by atoms with E-state index in [0.717, 1.165) is 5.56 Å². The molecule has 0 heterocycles. The highest BCUT2D eigenvalue weighted by Gasteiger charge is 2.10. The second-order valence-corrected chi connectivity index (χ2v) is 4.23. The minimum absolute atomic E-state index is 0.160. The maximum atomic E-state index is 11.9.